The molecule has 0 aromatic heterocycles. The summed E-state index contributed by atoms with van der Waals surface area (Å²) >= 11 is 0. The molecule has 0 N–H and O–H groups in total. The van der Waals surface area contributed by atoms with Crippen molar-refractivity contribution in [3.63, 3.8) is 0 Å². The van der Waals surface area contributed by atoms with E-state index in [9.17, 15) is 27.1 Å². The van der Waals surface area contributed by atoms with Crippen molar-refractivity contribution in [3.05, 3.63) is 53.4 Å². The minimum Gasteiger partial charge on any atom is -0.447 e. The van der Waals surface area contributed by atoms with Gasteiger partial charge in [0.25, 0.3) is 0 Å². The van der Waals surface area contributed by atoms with E-state index in [4.69, 9.17) is 0 Å². The molecule has 2 rings (SSSR count). The number of hydrogen-bond donors (Lipinski definition) is 0. The van der Waals surface area contributed by atoms with Crippen LogP contribution in [0.2, 0.25) is 0 Å². The van der Waals surface area contributed by atoms with Crippen LogP contribution in [0.3, 0.4) is 0 Å². The molecule has 0 aliphatic heterocycles. The van der Waals surface area contributed by atoms with E-state index >= 15 is 0 Å². The molecular weight excluding hydrogens is 271 g/mol. The fourth-order valence-corrected chi connectivity index (χ4v) is 1.32. The molecule has 99 valence electrons. The third kappa shape index (κ3) is 2.18. The van der Waals surface area contributed by atoms with E-state index in [0.717, 1.165) is 12.1 Å². The van der Waals surface area contributed by atoms with Crippen LogP contribution in [0.25, 0.3) is 0 Å². The summed E-state index contributed by atoms with van der Waals surface area (Å²) in [4.78, 5) is 0. The van der Waals surface area contributed by atoms with Crippen molar-refractivity contribution in [1.82, 2.24) is 0 Å². The predicted molar refractivity (Wildman–Crippen MR) is 52.9 cm³/mol. The van der Waals surface area contributed by atoms with Crippen LogP contribution < -0.4 is 4.74 Å². The number of rotatable bonds is 2. The highest BCUT2D eigenvalue weighted by Gasteiger charge is 2.27. The minimum atomic E-state index is -2.29. The van der Waals surface area contributed by atoms with Gasteiger partial charge in [-0.25, -0.2) is 13.2 Å². The van der Waals surface area contributed by atoms with Gasteiger partial charge in [0.05, 0.1) is 0 Å². The van der Waals surface area contributed by atoms with Crippen LogP contribution >= 0.6 is 0 Å². The van der Waals surface area contributed by atoms with Crippen molar-refractivity contribution in [2.75, 3.05) is 0 Å². The summed E-state index contributed by atoms with van der Waals surface area (Å²) in [5.41, 5.74) is 0. The molecule has 1 radical (unpaired) electrons. The SMILES string of the molecule is [O]c1ccccc1Oc1c(F)c(F)c(F)c(F)c1F. The van der Waals surface area contributed by atoms with Crippen molar-refractivity contribution in [2.45, 2.75) is 0 Å². The summed E-state index contributed by atoms with van der Waals surface area (Å²) in [6, 6.07) is 4.69. The lowest BCUT2D eigenvalue weighted by Crippen LogP contribution is -2.04. The van der Waals surface area contributed by atoms with Gasteiger partial charge in [0.2, 0.25) is 40.6 Å². The number of ether oxygens (including phenoxy) is 1. The van der Waals surface area contributed by atoms with E-state index < -0.39 is 46.3 Å². The molecule has 2 aromatic rings. The summed E-state index contributed by atoms with van der Waals surface area (Å²) in [6.45, 7) is 0. The molecule has 0 aliphatic carbocycles. The predicted octanol–water partition coefficient (Wildman–Crippen LogP) is 4.32. The normalized spacial score (nSPS) is 10.6. The lowest BCUT2D eigenvalue weighted by molar-refractivity contribution is 0.304. The maximum atomic E-state index is 13.3. The highest BCUT2D eigenvalue weighted by molar-refractivity contribution is 5.42. The zero-order valence-corrected chi connectivity index (χ0v) is 9.02. The van der Waals surface area contributed by atoms with E-state index in [-0.39, 0.29) is 0 Å². The number of halogens is 5. The Hall–Kier alpha value is -2.31. The third-order valence-corrected chi connectivity index (χ3v) is 2.23. The van der Waals surface area contributed by atoms with Crippen molar-refractivity contribution in [3.8, 4) is 17.2 Å². The highest BCUT2D eigenvalue weighted by Crippen LogP contribution is 2.36. The zero-order valence-electron chi connectivity index (χ0n) is 9.02. The van der Waals surface area contributed by atoms with Gasteiger partial charge < -0.3 is 4.74 Å². The summed E-state index contributed by atoms with van der Waals surface area (Å²) < 4.78 is 69.6. The van der Waals surface area contributed by atoms with Gasteiger partial charge in [0.15, 0.2) is 5.75 Å². The first-order valence-corrected chi connectivity index (χ1v) is 4.88. The molecule has 2 nitrogen and oxygen atoms in total. The summed E-state index contributed by atoms with van der Waals surface area (Å²) in [5, 5.41) is 11.3. The van der Waals surface area contributed by atoms with Gasteiger partial charge >= 0.3 is 0 Å². The average molecular weight is 275 g/mol. The van der Waals surface area contributed by atoms with Gasteiger partial charge in [-0.15, -0.1) is 0 Å². The van der Waals surface area contributed by atoms with Gasteiger partial charge in [-0.1, -0.05) is 12.1 Å². The van der Waals surface area contributed by atoms with Crippen LogP contribution in [0, 0.1) is 29.1 Å². The summed E-state index contributed by atoms with van der Waals surface area (Å²) in [5.74, 6) is -13.7. The van der Waals surface area contributed by atoms with Crippen LogP contribution in [0.5, 0.6) is 17.2 Å². The standard InChI is InChI=1S/C12H4F5O2/c13-7-8(14)10(16)12(11(17)9(7)15)19-6-4-2-1-3-5(6)18/h1-4H. The molecule has 0 atom stereocenters. The van der Waals surface area contributed by atoms with Crippen molar-refractivity contribution in [1.29, 1.82) is 0 Å². The van der Waals surface area contributed by atoms with Crippen molar-refractivity contribution >= 4 is 0 Å². The zero-order chi connectivity index (χ0) is 14.2. The van der Waals surface area contributed by atoms with E-state index in [0.29, 0.717) is 0 Å². The highest BCUT2D eigenvalue weighted by atomic mass is 19.2. The van der Waals surface area contributed by atoms with Crippen LogP contribution in [-0.4, -0.2) is 0 Å². The Morgan fingerprint density at radius 1 is 0.737 bits per heavy atom. The van der Waals surface area contributed by atoms with Gasteiger partial charge in [-0.05, 0) is 12.1 Å². The van der Waals surface area contributed by atoms with Gasteiger partial charge in [-0.2, -0.15) is 8.78 Å². The Labute approximate surface area is 103 Å². The molecule has 0 spiro atoms. The molecule has 0 heterocycles. The molecule has 0 saturated carbocycles. The molecule has 19 heavy (non-hydrogen) atoms. The van der Waals surface area contributed by atoms with Gasteiger partial charge in [0, 0.05) is 0 Å². The van der Waals surface area contributed by atoms with Crippen LogP contribution in [-0.2, 0) is 5.11 Å². The fraction of sp³-hybridized carbons (Fsp3) is 0. The van der Waals surface area contributed by atoms with Crippen LogP contribution in [0.1, 0.15) is 0 Å². The Morgan fingerprint density at radius 2 is 1.21 bits per heavy atom. The van der Waals surface area contributed by atoms with E-state index in [1.54, 1.807) is 0 Å². The van der Waals surface area contributed by atoms with Gasteiger partial charge in [-0.3, -0.25) is 5.11 Å². The Kier molecular flexibility index (Phi) is 3.28. The summed E-state index contributed by atoms with van der Waals surface area (Å²) in [7, 11) is 0. The fourth-order valence-electron chi connectivity index (χ4n) is 1.32. The van der Waals surface area contributed by atoms with Crippen molar-refractivity contribution < 1.29 is 31.8 Å². The second-order valence-corrected chi connectivity index (χ2v) is 3.45. The molecule has 0 bridgehead atoms. The number of hydrogen-bond acceptors (Lipinski definition) is 1. The molecule has 0 saturated heterocycles. The minimum absolute atomic E-state index is 0.550. The molecule has 2 aromatic carbocycles. The van der Waals surface area contributed by atoms with Crippen molar-refractivity contribution in [2.24, 2.45) is 0 Å². The third-order valence-electron chi connectivity index (χ3n) is 2.23. The maximum absolute atomic E-state index is 13.3. The van der Waals surface area contributed by atoms with Gasteiger partial charge in [0.1, 0.15) is 0 Å². The number of para-hydroxylation sites is 2. The lowest BCUT2D eigenvalue weighted by atomic mass is 10.2. The molecule has 0 amide bonds. The first-order valence-electron chi connectivity index (χ1n) is 4.88. The van der Waals surface area contributed by atoms with Crippen LogP contribution in [0.4, 0.5) is 22.0 Å². The lowest BCUT2D eigenvalue weighted by Gasteiger charge is -2.09. The molecule has 0 unspecified atom stereocenters. The van der Waals surface area contributed by atoms with Crippen LogP contribution in [0.15, 0.2) is 24.3 Å². The summed E-state index contributed by atoms with van der Waals surface area (Å²) in [6.07, 6.45) is 0. The monoisotopic (exact) mass is 275 g/mol. The average Bonchev–Trinajstić information content (AvgIpc) is 2.41. The Bertz CT molecular complexity index is 613. The molecule has 0 aliphatic rings. The maximum Gasteiger partial charge on any atom is 0.221 e. The van der Waals surface area contributed by atoms with E-state index in [1.807, 2.05) is 0 Å². The van der Waals surface area contributed by atoms with E-state index in [2.05, 4.69) is 4.74 Å². The number of benzene rings is 2. The quantitative estimate of drug-likeness (QED) is 0.456. The molecule has 0 fully saturated rings. The van der Waals surface area contributed by atoms with E-state index in [1.165, 1.54) is 12.1 Å². The Balaban J connectivity index is 2.56. The largest absolute Gasteiger partial charge is 0.447 e. The first kappa shape index (κ1) is 13.1. The first-order chi connectivity index (χ1) is 8.93. The topological polar surface area (TPSA) is 29.1 Å². The second kappa shape index (κ2) is 4.75. The molecule has 7 heteroatoms. The molecular formula is C12H4F5O2. The smallest absolute Gasteiger partial charge is 0.221 e. The second-order valence-electron chi connectivity index (χ2n) is 3.45. The Morgan fingerprint density at radius 3 is 1.74 bits per heavy atom.